The van der Waals surface area contributed by atoms with Crippen LogP contribution in [0.4, 0.5) is 0 Å². The number of aromatic nitrogens is 1. The average molecular weight is 389 g/mol. The van der Waals surface area contributed by atoms with Gasteiger partial charge in [-0.15, -0.1) is 0 Å². The van der Waals surface area contributed by atoms with Gasteiger partial charge >= 0.3 is 0 Å². The largest absolute Gasteiger partial charge is 0.507 e. The smallest absolute Gasteiger partial charge is 0.228 e. The number of nitrogens with one attached hydrogen (secondary N) is 1. The fourth-order valence-electron chi connectivity index (χ4n) is 3.32. The van der Waals surface area contributed by atoms with E-state index in [9.17, 15) is 9.90 Å². The molecule has 29 heavy (non-hydrogen) atoms. The van der Waals surface area contributed by atoms with Crippen LogP contribution in [-0.2, 0) is 4.79 Å². The van der Waals surface area contributed by atoms with E-state index in [1.165, 1.54) is 6.20 Å². The lowest BCUT2D eigenvalue weighted by atomic mass is 9.87. The van der Waals surface area contributed by atoms with Crippen molar-refractivity contribution in [1.29, 1.82) is 5.26 Å². The molecule has 2 aromatic carbocycles. The molecule has 0 saturated carbocycles. The zero-order valence-electron chi connectivity index (χ0n) is 16.4. The van der Waals surface area contributed by atoms with Gasteiger partial charge in [0.05, 0.1) is 23.7 Å². The van der Waals surface area contributed by atoms with Gasteiger partial charge in [0.1, 0.15) is 12.3 Å². The van der Waals surface area contributed by atoms with Gasteiger partial charge in [0.15, 0.2) is 5.76 Å². The summed E-state index contributed by atoms with van der Waals surface area (Å²) in [6, 6.07) is 16.7. The lowest BCUT2D eigenvalue weighted by molar-refractivity contribution is -0.122. The summed E-state index contributed by atoms with van der Waals surface area (Å²) >= 11 is 0. The first-order valence-corrected chi connectivity index (χ1v) is 9.48. The molecule has 0 fully saturated rings. The molecule has 6 nitrogen and oxygen atoms in total. The lowest BCUT2D eigenvalue weighted by Crippen LogP contribution is -2.30. The van der Waals surface area contributed by atoms with Crippen LogP contribution < -0.4 is 5.32 Å². The zero-order chi connectivity index (χ0) is 20.8. The predicted molar refractivity (Wildman–Crippen MR) is 110 cm³/mol. The van der Waals surface area contributed by atoms with Gasteiger partial charge < -0.3 is 14.9 Å². The summed E-state index contributed by atoms with van der Waals surface area (Å²) in [6.45, 7) is 4.13. The second-order valence-electron chi connectivity index (χ2n) is 7.29. The summed E-state index contributed by atoms with van der Waals surface area (Å²) in [6.07, 6.45) is 2.21. The second kappa shape index (κ2) is 9.07. The Bertz CT molecular complexity index is 1020. The SMILES string of the molecule is CC(C)CC(C(=O)NCC#N)c1cccc(-c2ccc(O)c(-c3ccno3)c2)c1. The van der Waals surface area contributed by atoms with E-state index in [1.54, 1.807) is 12.1 Å². The molecule has 0 aliphatic heterocycles. The fraction of sp³-hybridized carbons (Fsp3) is 0.261. The second-order valence-corrected chi connectivity index (χ2v) is 7.29. The van der Waals surface area contributed by atoms with Crippen LogP contribution in [-0.4, -0.2) is 22.7 Å². The predicted octanol–water partition coefficient (Wildman–Crippen LogP) is 4.48. The van der Waals surface area contributed by atoms with E-state index in [0.29, 0.717) is 23.7 Å². The molecule has 3 aromatic rings. The molecule has 0 bridgehead atoms. The lowest BCUT2D eigenvalue weighted by Gasteiger charge is -2.19. The number of phenolic OH excluding ortho intramolecular Hbond substituents is 1. The van der Waals surface area contributed by atoms with Crippen molar-refractivity contribution in [2.75, 3.05) is 6.54 Å². The summed E-state index contributed by atoms with van der Waals surface area (Å²) in [5.41, 5.74) is 3.25. The maximum atomic E-state index is 12.6. The Morgan fingerprint density at radius 1 is 1.21 bits per heavy atom. The van der Waals surface area contributed by atoms with Crippen molar-refractivity contribution in [2.24, 2.45) is 5.92 Å². The monoisotopic (exact) mass is 389 g/mol. The van der Waals surface area contributed by atoms with Gasteiger partial charge in [-0.25, -0.2) is 0 Å². The first-order valence-electron chi connectivity index (χ1n) is 9.48. The highest BCUT2D eigenvalue weighted by atomic mass is 16.5. The number of nitriles is 1. The van der Waals surface area contributed by atoms with Gasteiger partial charge in [0.25, 0.3) is 0 Å². The molecule has 1 aromatic heterocycles. The Morgan fingerprint density at radius 2 is 2.00 bits per heavy atom. The first kappa shape index (κ1) is 20.2. The number of benzene rings is 2. The maximum absolute atomic E-state index is 12.6. The van der Waals surface area contributed by atoms with Gasteiger partial charge in [-0.3, -0.25) is 4.79 Å². The minimum absolute atomic E-state index is 0.00831. The molecular weight excluding hydrogens is 366 g/mol. The number of carbonyl (C=O) groups excluding carboxylic acids is 1. The third-order valence-electron chi connectivity index (χ3n) is 4.69. The van der Waals surface area contributed by atoms with Crippen LogP contribution in [0, 0.1) is 17.2 Å². The molecule has 1 atom stereocenters. The minimum Gasteiger partial charge on any atom is -0.507 e. The summed E-state index contributed by atoms with van der Waals surface area (Å²) < 4.78 is 5.18. The Balaban J connectivity index is 1.97. The third-order valence-corrected chi connectivity index (χ3v) is 4.69. The Hall–Kier alpha value is -3.59. The van der Waals surface area contributed by atoms with Gasteiger partial charge in [-0.2, -0.15) is 5.26 Å². The Labute approximate surface area is 169 Å². The number of phenols is 1. The molecule has 0 spiro atoms. The number of hydrogen-bond acceptors (Lipinski definition) is 5. The van der Waals surface area contributed by atoms with Crippen LogP contribution in [0.1, 0.15) is 31.7 Å². The van der Waals surface area contributed by atoms with Gasteiger partial charge in [-0.05, 0) is 41.2 Å². The van der Waals surface area contributed by atoms with Crippen molar-refractivity contribution < 1.29 is 14.4 Å². The molecular formula is C23H23N3O3. The van der Waals surface area contributed by atoms with Crippen LogP contribution in [0.15, 0.2) is 59.3 Å². The van der Waals surface area contributed by atoms with Crippen molar-refractivity contribution in [2.45, 2.75) is 26.2 Å². The Morgan fingerprint density at radius 3 is 2.69 bits per heavy atom. The molecule has 6 heteroatoms. The molecule has 0 aliphatic carbocycles. The number of amides is 1. The molecule has 2 N–H and O–H groups in total. The van der Waals surface area contributed by atoms with Crippen molar-refractivity contribution in [3.63, 3.8) is 0 Å². The number of nitrogens with zero attached hydrogens (tertiary/aromatic N) is 2. The van der Waals surface area contributed by atoms with Gasteiger partial charge in [0.2, 0.25) is 5.91 Å². The number of carbonyl (C=O) groups is 1. The molecule has 1 heterocycles. The number of rotatable bonds is 7. The van der Waals surface area contributed by atoms with Gasteiger partial charge in [-0.1, -0.05) is 49.3 Å². The van der Waals surface area contributed by atoms with Crippen molar-refractivity contribution in [3.05, 3.63) is 60.3 Å². The fourth-order valence-corrected chi connectivity index (χ4v) is 3.32. The highest BCUT2D eigenvalue weighted by Gasteiger charge is 2.22. The summed E-state index contributed by atoms with van der Waals surface area (Å²) in [7, 11) is 0. The zero-order valence-corrected chi connectivity index (χ0v) is 16.4. The topological polar surface area (TPSA) is 99.2 Å². The van der Waals surface area contributed by atoms with Crippen LogP contribution in [0.5, 0.6) is 5.75 Å². The number of hydrogen-bond donors (Lipinski definition) is 2. The molecule has 0 radical (unpaired) electrons. The molecule has 1 unspecified atom stereocenters. The van der Waals surface area contributed by atoms with Crippen LogP contribution in [0.3, 0.4) is 0 Å². The molecule has 0 aliphatic rings. The van der Waals surface area contributed by atoms with Gasteiger partial charge in [0, 0.05) is 6.07 Å². The summed E-state index contributed by atoms with van der Waals surface area (Å²) in [5.74, 6) is 0.423. The van der Waals surface area contributed by atoms with E-state index in [1.807, 2.05) is 42.5 Å². The normalized spacial score (nSPS) is 11.8. The van der Waals surface area contributed by atoms with Crippen molar-refractivity contribution in [1.82, 2.24) is 10.5 Å². The van der Waals surface area contributed by atoms with Crippen LogP contribution in [0.2, 0.25) is 0 Å². The summed E-state index contributed by atoms with van der Waals surface area (Å²) in [4.78, 5) is 12.6. The van der Waals surface area contributed by atoms with Crippen LogP contribution >= 0.6 is 0 Å². The van der Waals surface area contributed by atoms with Crippen LogP contribution in [0.25, 0.3) is 22.5 Å². The van der Waals surface area contributed by atoms with E-state index in [-0.39, 0.29) is 24.1 Å². The van der Waals surface area contributed by atoms with E-state index in [0.717, 1.165) is 16.7 Å². The van der Waals surface area contributed by atoms with E-state index in [2.05, 4.69) is 24.3 Å². The summed E-state index contributed by atoms with van der Waals surface area (Å²) in [5, 5.41) is 25.3. The minimum atomic E-state index is -0.339. The average Bonchev–Trinajstić information content (AvgIpc) is 3.25. The quantitative estimate of drug-likeness (QED) is 0.580. The van der Waals surface area contributed by atoms with Crippen molar-refractivity contribution >= 4 is 5.91 Å². The molecule has 1 amide bonds. The highest BCUT2D eigenvalue weighted by Crippen LogP contribution is 2.35. The third kappa shape index (κ3) is 4.82. The molecule has 0 saturated heterocycles. The Kier molecular flexibility index (Phi) is 6.30. The van der Waals surface area contributed by atoms with E-state index >= 15 is 0 Å². The number of aromatic hydroxyl groups is 1. The van der Waals surface area contributed by atoms with E-state index < -0.39 is 0 Å². The highest BCUT2D eigenvalue weighted by molar-refractivity contribution is 5.84. The maximum Gasteiger partial charge on any atom is 0.228 e. The van der Waals surface area contributed by atoms with E-state index in [4.69, 9.17) is 9.78 Å². The molecule has 148 valence electrons. The van der Waals surface area contributed by atoms with Crippen molar-refractivity contribution in [3.8, 4) is 34.3 Å². The molecule has 3 rings (SSSR count). The first-order chi connectivity index (χ1) is 14.0. The standard InChI is InChI=1S/C23H23N3O3/c1-15(2)12-19(23(28)25-11-9-24)18-5-3-4-16(13-18)17-6-7-21(27)20(14-17)22-8-10-26-29-22/h3-8,10,13-15,19,27H,11-12H2,1-2H3,(H,25,28).